The lowest BCUT2D eigenvalue weighted by Crippen LogP contribution is -2.30. The average Bonchev–Trinajstić information content (AvgIpc) is 2.34. The molecule has 1 heterocycles. The minimum absolute atomic E-state index is 0.380. The third-order valence-electron chi connectivity index (χ3n) is 2.76. The molecule has 1 atom stereocenters. The molecule has 94 valence electrons. The van der Waals surface area contributed by atoms with Crippen LogP contribution in [0.25, 0.3) is 0 Å². The third kappa shape index (κ3) is 3.36. The molecule has 0 spiro atoms. The van der Waals surface area contributed by atoms with Gasteiger partial charge in [-0.15, -0.1) is 0 Å². The van der Waals surface area contributed by atoms with Gasteiger partial charge in [-0.1, -0.05) is 0 Å². The molecule has 1 aliphatic heterocycles. The Bertz CT molecular complexity index is 392. The maximum atomic E-state index is 5.46. The Morgan fingerprint density at radius 1 is 1.35 bits per heavy atom. The van der Waals surface area contributed by atoms with Crippen LogP contribution in [0.3, 0.4) is 0 Å². The molecule has 1 unspecified atom stereocenters. The first-order chi connectivity index (χ1) is 8.20. The number of hydrogen-bond acceptors (Lipinski definition) is 3. The summed E-state index contributed by atoms with van der Waals surface area (Å²) in [5.74, 6) is 0.826. The maximum Gasteiger partial charge on any atom is 0.135 e. The molecule has 0 bridgehead atoms. The number of benzene rings is 1. The molecule has 1 saturated heterocycles. The lowest BCUT2D eigenvalue weighted by Gasteiger charge is -2.25. The molecule has 0 saturated carbocycles. The molecule has 1 aliphatic rings. The van der Waals surface area contributed by atoms with E-state index in [-0.39, 0.29) is 0 Å². The van der Waals surface area contributed by atoms with Gasteiger partial charge in [-0.05, 0) is 50.8 Å². The summed E-state index contributed by atoms with van der Waals surface area (Å²) in [6.45, 7) is 1.65. The topological polar surface area (TPSA) is 30.5 Å². The predicted octanol–water partition coefficient (Wildman–Crippen LogP) is 3.81. The Hall–Kier alpha value is -0.260. The summed E-state index contributed by atoms with van der Waals surface area (Å²) in [6, 6.07) is 4.36. The van der Waals surface area contributed by atoms with Crippen molar-refractivity contribution in [3.05, 3.63) is 21.1 Å². The van der Waals surface area contributed by atoms with Crippen molar-refractivity contribution in [2.45, 2.75) is 18.9 Å². The first kappa shape index (κ1) is 13.2. The van der Waals surface area contributed by atoms with Gasteiger partial charge in [-0.3, -0.25) is 0 Å². The highest BCUT2D eigenvalue weighted by Gasteiger charge is 2.15. The first-order valence-electron chi connectivity index (χ1n) is 5.58. The molecule has 1 fully saturated rings. The lowest BCUT2D eigenvalue weighted by atomic mass is 10.1. The van der Waals surface area contributed by atoms with Crippen molar-refractivity contribution in [3.8, 4) is 5.75 Å². The minimum atomic E-state index is 0.380. The van der Waals surface area contributed by atoms with E-state index in [0.717, 1.165) is 46.4 Å². The second kappa shape index (κ2) is 6.07. The molecular weight excluding hydrogens is 350 g/mol. The average molecular weight is 365 g/mol. The highest BCUT2D eigenvalue weighted by molar-refractivity contribution is 9.11. The van der Waals surface area contributed by atoms with Crippen molar-refractivity contribution in [2.75, 3.05) is 25.6 Å². The highest BCUT2D eigenvalue weighted by Crippen LogP contribution is 2.35. The first-order valence-corrected chi connectivity index (χ1v) is 7.16. The van der Waals surface area contributed by atoms with E-state index in [1.165, 1.54) is 0 Å². The summed E-state index contributed by atoms with van der Waals surface area (Å²) in [7, 11) is 1.67. The number of methoxy groups -OCH3 is 1. The van der Waals surface area contributed by atoms with E-state index in [4.69, 9.17) is 9.47 Å². The molecule has 2 rings (SSSR count). The van der Waals surface area contributed by atoms with Gasteiger partial charge in [0.1, 0.15) is 5.75 Å². The highest BCUT2D eigenvalue weighted by atomic mass is 79.9. The van der Waals surface area contributed by atoms with Crippen LogP contribution in [0.1, 0.15) is 12.8 Å². The smallest absolute Gasteiger partial charge is 0.135 e. The number of anilines is 1. The minimum Gasteiger partial charge on any atom is -0.495 e. The fraction of sp³-hybridized carbons (Fsp3) is 0.500. The molecule has 5 heteroatoms. The summed E-state index contributed by atoms with van der Waals surface area (Å²) < 4.78 is 12.7. The summed E-state index contributed by atoms with van der Waals surface area (Å²) in [5.41, 5.74) is 1.04. The van der Waals surface area contributed by atoms with Crippen LogP contribution in [0.5, 0.6) is 5.75 Å². The summed E-state index contributed by atoms with van der Waals surface area (Å²) in [4.78, 5) is 0. The van der Waals surface area contributed by atoms with E-state index in [2.05, 4.69) is 37.2 Å². The number of halogens is 2. The van der Waals surface area contributed by atoms with Gasteiger partial charge < -0.3 is 14.8 Å². The van der Waals surface area contributed by atoms with Gasteiger partial charge in [-0.2, -0.15) is 0 Å². The van der Waals surface area contributed by atoms with Crippen molar-refractivity contribution in [2.24, 2.45) is 0 Å². The molecule has 1 N–H and O–H groups in total. The van der Waals surface area contributed by atoms with Gasteiger partial charge in [0.15, 0.2) is 0 Å². The zero-order valence-electron chi connectivity index (χ0n) is 9.63. The third-order valence-corrected chi connectivity index (χ3v) is 4.04. The molecule has 0 aliphatic carbocycles. The van der Waals surface area contributed by atoms with Gasteiger partial charge in [0.25, 0.3) is 0 Å². The molecule has 0 aromatic heterocycles. The Labute approximate surface area is 118 Å². The lowest BCUT2D eigenvalue weighted by molar-refractivity contribution is 0.0876. The fourth-order valence-corrected chi connectivity index (χ4v) is 3.14. The van der Waals surface area contributed by atoms with E-state index in [9.17, 15) is 0 Å². The largest absolute Gasteiger partial charge is 0.495 e. The fourth-order valence-electron chi connectivity index (χ4n) is 1.87. The van der Waals surface area contributed by atoms with E-state index in [1.807, 2.05) is 12.1 Å². The molecule has 1 aromatic carbocycles. The van der Waals surface area contributed by atoms with E-state index >= 15 is 0 Å². The Morgan fingerprint density at radius 3 is 2.82 bits per heavy atom. The molecule has 3 nitrogen and oxygen atoms in total. The number of nitrogens with one attached hydrogen (secondary N) is 1. The van der Waals surface area contributed by atoms with Crippen molar-refractivity contribution in [1.29, 1.82) is 0 Å². The molecular formula is C12H15Br2NO2. The number of rotatable bonds is 3. The normalized spacial score (nSPS) is 20.1. The SMILES string of the molecule is COc1cc(NC2CCCOC2)c(Br)cc1Br. The standard InChI is InChI=1S/C12H15Br2NO2/c1-16-12-6-11(9(13)5-10(12)14)15-8-3-2-4-17-7-8/h5-6,8,15H,2-4,7H2,1H3. The van der Waals surface area contributed by atoms with E-state index < -0.39 is 0 Å². The van der Waals surface area contributed by atoms with Crippen LogP contribution >= 0.6 is 31.9 Å². The molecule has 0 amide bonds. The van der Waals surface area contributed by atoms with Crippen molar-refractivity contribution in [1.82, 2.24) is 0 Å². The van der Waals surface area contributed by atoms with Gasteiger partial charge in [0.05, 0.1) is 23.9 Å². The van der Waals surface area contributed by atoms with Crippen molar-refractivity contribution < 1.29 is 9.47 Å². The van der Waals surface area contributed by atoms with Gasteiger partial charge in [0.2, 0.25) is 0 Å². The van der Waals surface area contributed by atoms with E-state index in [1.54, 1.807) is 7.11 Å². The Morgan fingerprint density at radius 2 is 2.18 bits per heavy atom. The Balaban J connectivity index is 2.13. The van der Waals surface area contributed by atoms with Crippen LogP contribution in [-0.4, -0.2) is 26.4 Å². The molecule has 0 radical (unpaired) electrons. The van der Waals surface area contributed by atoms with Gasteiger partial charge in [-0.25, -0.2) is 0 Å². The second-order valence-electron chi connectivity index (χ2n) is 4.03. The predicted molar refractivity (Wildman–Crippen MR) is 75.9 cm³/mol. The quantitative estimate of drug-likeness (QED) is 0.884. The zero-order valence-corrected chi connectivity index (χ0v) is 12.8. The number of ether oxygens (including phenoxy) is 2. The zero-order chi connectivity index (χ0) is 12.3. The van der Waals surface area contributed by atoms with Gasteiger partial charge >= 0.3 is 0 Å². The summed E-state index contributed by atoms with van der Waals surface area (Å²) in [6.07, 6.45) is 2.26. The van der Waals surface area contributed by atoms with Crippen molar-refractivity contribution >= 4 is 37.5 Å². The van der Waals surface area contributed by atoms with Crippen LogP contribution in [0.2, 0.25) is 0 Å². The number of hydrogen-bond donors (Lipinski definition) is 1. The van der Waals surface area contributed by atoms with E-state index in [0.29, 0.717) is 6.04 Å². The van der Waals surface area contributed by atoms with Crippen LogP contribution < -0.4 is 10.1 Å². The van der Waals surface area contributed by atoms with Crippen LogP contribution in [0.4, 0.5) is 5.69 Å². The summed E-state index contributed by atoms with van der Waals surface area (Å²) in [5, 5.41) is 3.48. The molecule has 17 heavy (non-hydrogen) atoms. The Kier molecular flexibility index (Phi) is 4.70. The van der Waals surface area contributed by atoms with Crippen LogP contribution in [-0.2, 0) is 4.74 Å². The molecule has 1 aromatic rings. The monoisotopic (exact) mass is 363 g/mol. The van der Waals surface area contributed by atoms with Crippen molar-refractivity contribution in [3.63, 3.8) is 0 Å². The maximum absolute atomic E-state index is 5.46. The van der Waals surface area contributed by atoms with Crippen LogP contribution in [0.15, 0.2) is 21.1 Å². The second-order valence-corrected chi connectivity index (χ2v) is 5.73. The summed E-state index contributed by atoms with van der Waals surface area (Å²) >= 11 is 7.01. The van der Waals surface area contributed by atoms with Gasteiger partial charge in [0, 0.05) is 23.2 Å². The van der Waals surface area contributed by atoms with Crippen LogP contribution in [0, 0.1) is 0 Å².